The molecule has 2 rings (SSSR count). The number of carbonyl (C=O) groups is 1. The Morgan fingerprint density at radius 1 is 1.42 bits per heavy atom. The summed E-state index contributed by atoms with van der Waals surface area (Å²) in [4.78, 5) is 13.7. The van der Waals surface area contributed by atoms with E-state index >= 15 is 0 Å². The molecule has 1 aromatic heterocycles. The summed E-state index contributed by atoms with van der Waals surface area (Å²) in [7, 11) is 3.47. The zero-order valence-electron chi connectivity index (χ0n) is 10.7. The summed E-state index contributed by atoms with van der Waals surface area (Å²) in [5, 5.41) is 0. The van der Waals surface area contributed by atoms with Gasteiger partial charge in [0.1, 0.15) is 11.5 Å². The van der Waals surface area contributed by atoms with Crippen LogP contribution in [0.4, 0.5) is 4.39 Å². The van der Waals surface area contributed by atoms with Gasteiger partial charge >= 0.3 is 0 Å². The van der Waals surface area contributed by atoms with Crippen molar-refractivity contribution in [1.82, 2.24) is 9.47 Å². The number of aryl methyl sites for hydroxylation is 1. The molecule has 19 heavy (non-hydrogen) atoms. The van der Waals surface area contributed by atoms with Crippen LogP contribution in [0.3, 0.4) is 0 Å². The highest BCUT2D eigenvalue weighted by Crippen LogP contribution is 2.17. The molecule has 1 heterocycles. The highest BCUT2D eigenvalue weighted by Gasteiger charge is 2.16. The van der Waals surface area contributed by atoms with E-state index in [0.29, 0.717) is 11.3 Å². The molecule has 5 heteroatoms. The minimum Gasteiger partial charge on any atom is -0.347 e. The molecule has 1 aromatic carbocycles. The quantitative estimate of drug-likeness (QED) is 0.851. The molecular formula is C14H14BrFN2O. The van der Waals surface area contributed by atoms with Crippen LogP contribution in [0.1, 0.15) is 16.1 Å². The number of hydrogen-bond donors (Lipinski definition) is 0. The largest absolute Gasteiger partial charge is 0.347 e. The van der Waals surface area contributed by atoms with Gasteiger partial charge in [0.2, 0.25) is 0 Å². The number of amides is 1. The van der Waals surface area contributed by atoms with E-state index in [4.69, 9.17) is 0 Å². The average molecular weight is 325 g/mol. The molecule has 100 valence electrons. The third kappa shape index (κ3) is 3.04. The Morgan fingerprint density at radius 2 is 2.16 bits per heavy atom. The first-order valence-corrected chi connectivity index (χ1v) is 6.59. The Kier molecular flexibility index (Phi) is 4.04. The number of benzene rings is 1. The van der Waals surface area contributed by atoms with Gasteiger partial charge < -0.3 is 9.47 Å². The van der Waals surface area contributed by atoms with Gasteiger partial charge in [-0.15, -0.1) is 0 Å². The van der Waals surface area contributed by atoms with E-state index in [-0.39, 0.29) is 18.3 Å². The summed E-state index contributed by atoms with van der Waals surface area (Å²) in [6.07, 6.45) is 1.81. The predicted molar refractivity (Wildman–Crippen MR) is 75.3 cm³/mol. The maximum Gasteiger partial charge on any atom is 0.270 e. The normalized spacial score (nSPS) is 10.5. The zero-order chi connectivity index (χ0) is 14.0. The molecule has 0 bridgehead atoms. The monoisotopic (exact) mass is 324 g/mol. The summed E-state index contributed by atoms with van der Waals surface area (Å²) >= 11 is 3.30. The molecule has 0 saturated carbocycles. The minimum absolute atomic E-state index is 0.133. The van der Waals surface area contributed by atoms with Gasteiger partial charge in [-0.1, -0.05) is 15.9 Å². The number of nitrogens with zero attached hydrogens (tertiary/aromatic N) is 2. The van der Waals surface area contributed by atoms with Crippen molar-refractivity contribution >= 4 is 21.8 Å². The highest BCUT2D eigenvalue weighted by atomic mass is 79.9. The Morgan fingerprint density at radius 3 is 2.79 bits per heavy atom. The molecule has 3 nitrogen and oxygen atoms in total. The second-order valence-corrected chi connectivity index (χ2v) is 5.32. The molecule has 0 aliphatic rings. The second-order valence-electron chi connectivity index (χ2n) is 4.40. The third-order valence-electron chi connectivity index (χ3n) is 2.92. The molecule has 0 saturated heterocycles. The molecule has 0 spiro atoms. The topological polar surface area (TPSA) is 25.2 Å². The van der Waals surface area contributed by atoms with E-state index in [1.165, 1.54) is 11.0 Å². The molecule has 2 aromatic rings. The first kappa shape index (κ1) is 13.8. The molecule has 0 unspecified atom stereocenters. The molecule has 0 fully saturated rings. The van der Waals surface area contributed by atoms with E-state index in [9.17, 15) is 9.18 Å². The molecule has 0 radical (unpaired) electrons. The van der Waals surface area contributed by atoms with Gasteiger partial charge in [-0.25, -0.2) is 4.39 Å². The van der Waals surface area contributed by atoms with Crippen molar-refractivity contribution in [3.8, 4) is 0 Å². The first-order valence-electron chi connectivity index (χ1n) is 5.80. The number of halogens is 2. The van der Waals surface area contributed by atoms with Crippen LogP contribution in [-0.4, -0.2) is 22.4 Å². The lowest BCUT2D eigenvalue weighted by Gasteiger charge is -2.18. The third-order valence-corrected chi connectivity index (χ3v) is 3.42. The summed E-state index contributed by atoms with van der Waals surface area (Å²) in [5.41, 5.74) is 1.07. The Hall–Kier alpha value is -1.62. The molecule has 0 aliphatic carbocycles. The molecule has 0 atom stereocenters. The highest BCUT2D eigenvalue weighted by molar-refractivity contribution is 9.10. The van der Waals surface area contributed by atoms with Crippen molar-refractivity contribution in [3.63, 3.8) is 0 Å². The lowest BCUT2D eigenvalue weighted by atomic mass is 10.2. The van der Waals surface area contributed by atoms with Gasteiger partial charge in [0.05, 0.1) is 0 Å². The maximum atomic E-state index is 13.7. The van der Waals surface area contributed by atoms with Crippen LogP contribution in [0.5, 0.6) is 0 Å². The number of aromatic nitrogens is 1. The van der Waals surface area contributed by atoms with Gasteiger partial charge in [0, 0.05) is 36.9 Å². The zero-order valence-corrected chi connectivity index (χ0v) is 12.3. The fourth-order valence-electron chi connectivity index (χ4n) is 1.87. The first-order chi connectivity index (χ1) is 8.99. The van der Waals surface area contributed by atoms with E-state index in [0.717, 1.165) is 4.47 Å². The Bertz CT molecular complexity index is 609. The number of carbonyl (C=O) groups excluding carboxylic acids is 1. The summed E-state index contributed by atoms with van der Waals surface area (Å²) in [5.74, 6) is -0.443. The van der Waals surface area contributed by atoms with Gasteiger partial charge in [0.15, 0.2) is 0 Å². The van der Waals surface area contributed by atoms with E-state index in [1.807, 2.05) is 0 Å². The van der Waals surface area contributed by atoms with E-state index in [2.05, 4.69) is 15.9 Å². The maximum absolute atomic E-state index is 13.7. The van der Waals surface area contributed by atoms with Crippen LogP contribution in [0, 0.1) is 5.82 Å². The minimum atomic E-state index is -0.310. The SMILES string of the molecule is CN(Cc1cc(Br)ccc1F)C(=O)c1cccn1C. The fraction of sp³-hybridized carbons (Fsp3) is 0.214. The fourth-order valence-corrected chi connectivity index (χ4v) is 2.28. The van der Waals surface area contributed by atoms with Crippen LogP contribution in [-0.2, 0) is 13.6 Å². The lowest BCUT2D eigenvalue weighted by molar-refractivity contribution is 0.0774. The van der Waals surface area contributed by atoms with Crippen LogP contribution in [0.15, 0.2) is 41.0 Å². The molecule has 0 N–H and O–H groups in total. The predicted octanol–water partition coefficient (Wildman–Crippen LogP) is 3.20. The average Bonchev–Trinajstić information content (AvgIpc) is 2.79. The second kappa shape index (κ2) is 5.57. The van der Waals surface area contributed by atoms with Crippen molar-refractivity contribution in [2.75, 3.05) is 7.05 Å². The van der Waals surface area contributed by atoms with Gasteiger partial charge in [-0.05, 0) is 30.3 Å². The van der Waals surface area contributed by atoms with Gasteiger partial charge in [-0.3, -0.25) is 4.79 Å². The van der Waals surface area contributed by atoms with Crippen molar-refractivity contribution in [3.05, 3.63) is 58.1 Å². The van der Waals surface area contributed by atoms with Crippen LogP contribution < -0.4 is 0 Å². The number of rotatable bonds is 3. The van der Waals surface area contributed by atoms with Crippen molar-refractivity contribution in [1.29, 1.82) is 0 Å². The van der Waals surface area contributed by atoms with Crippen LogP contribution >= 0.6 is 15.9 Å². The summed E-state index contributed by atoms with van der Waals surface area (Å²) < 4.78 is 16.2. The van der Waals surface area contributed by atoms with Crippen molar-refractivity contribution in [2.24, 2.45) is 7.05 Å². The standard InChI is InChI=1S/C14H14BrFN2O/c1-17-7-3-4-13(17)14(19)18(2)9-10-8-11(15)5-6-12(10)16/h3-8H,9H2,1-2H3. The summed E-state index contributed by atoms with van der Waals surface area (Å²) in [6, 6.07) is 8.26. The lowest BCUT2D eigenvalue weighted by Crippen LogP contribution is -2.28. The smallest absolute Gasteiger partial charge is 0.270 e. The molecular weight excluding hydrogens is 311 g/mol. The van der Waals surface area contributed by atoms with Crippen molar-refractivity contribution in [2.45, 2.75) is 6.54 Å². The Labute approximate surface area is 119 Å². The molecule has 1 amide bonds. The van der Waals surface area contributed by atoms with Gasteiger partial charge in [-0.2, -0.15) is 0 Å². The van der Waals surface area contributed by atoms with Crippen molar-refractivity contribution < 1.29 is 9.18 Å². The van der Waals surface area contributed by atoms with Gasteiger partial charge in [0.25, 0.3) is 5.91 Å². The van der Waals surface area contributed by atoms with E-state index < -0.39 is 0 Å². The Balaban J connectivity index is 2.17. The van der Waals surface area contributed by atoms with Crippen LogP contribution in [0.25, 0.3) is 0 Å². The summed E-state index contributed by atoms with van der Waals surface area (Å²) in [6.45, 7) is 0.231. The molecule has 0 aliphatic heterocycles. The van der Waals surface area contributed by atoms with Crippen LogP contribution in [0.2, 0.25) is 0 Å². The number of hydrogen-bond acceptors (Lipinski definition) is 1. The van der Waals surface area contributed by atoms with E-state index in [1.54, 1.807) is 49.1 Å².